The maximum atomic E-state index is 9.57. The number of aliphatic hydroxyl groups is 1. The molecule has 1 N–H and O–H groups in total. The Hall–Kier alpha value is -0.260. The summed E-state index contributed by atoms with van der Waals surface area (Å²) in [5, 5.41) is 10.5. The molecule has 1 fully saturated rings. The van der Waals surface area contributed by atoms with E-state index in [-0.39, 0.29) is 0 Å². The molecule has 1 aliphatic rings. The molecule has 0 aliphatic carbocycles. The van der Waals surface area contributed by atoms with E-state index in [0.717, 1.165) is 17.1 Å². The van der Waals surface area contributed by atoms with Crippen LogP contribution in [0.3, 0.4) is 0 Å². The monoisotopic (exact) mass is 270 g/mol. The van der Waals surface area contributed by atoms with Gasteiger partial charge >= 0.3 is 0 Å². The standard InChI is InChI=1S/C12H18N2OS2/c1-7-10(8(2)15)6-13-12(14-7)11-9(3)16-4-5-17-11/h6,8-9,11,15H,4-5H2,1-3H3/t8-,9?,11?/m1/s1. The SMILES string of the molecule is Cc1nc(C2SCCSC2C)ncc1[C@@H](C)O. The van der Waals surface area contributed by atoms with E-state index < -0.39 is 6.10 Å². The number of nitrogens with zero attached hydrogens (tertiary/aromatic N) is 2. The van der Waals surface area contributed by atoms with Gasteiger partial charge < -0.3 is 5.11 Å². The van der Waals surface area contributed by atoms with E-state index >= 15 is 0 Å². The minimum absolute atomic E-state index is 0.385. The first-order chi connectivity index (χ1) is 8.09. The zero-order chi connectivity index (χ0) is 12.4. The van der Waals surface area contributed by atoms with Crippen LogP contribution < -0.4 is 0 Å². The van der Waals surface area contributed by atoms with Gasteiger partial charge in [0.2, 0.25) is 0 Å². The Morgan fingerprint density at radius 3 is 2.71 bits per heavy atom. The van der Waals surface area contributed by atoms with Crippen LogP contribution in [0, 0.1) is 6.92 Å². The number of thioether (sulfide) groups is 2. The fourth-order valence-electron chi connectivity index (χ4n) is 1.96. The molecule has 2 unspecified atom stereocenters. The molecule has 3 atom stereocenters. The smallest absolute Gasteiger partial charge is 0.142 e. The van der Waals surface area contributed by atoms with Crippen LogP contribution >= 0.6 is 23.5 Å². The van der Waals surface area contributed by atoms with Crippen LogP contribution in [0.5, 0.6) is 0 Å². The van der Waals surface area contributed by atoms with Gasteiger partial charge in [-0.2, -0.15) is 11.8 Å². The van der Waals surface area contributed by atoms with Gasteiger partial charge in [0.1, 0.15) is 5.82 Å². The Morgan fingerprint density at radius 2 is 2.12 bits per heavy atom. The van der Waals surface area contributed by atoms with Crippen LogP contribution in [0.4, 0.5) is 0 Å². The minimum Gasteiger partial charge on any atom is -0.389 e. The third-order valence-corrected chi connectivity index (χ3v) is 6.01. The number of aryl methyl sites for hydroxylation is 1. The molecule has 1 aliphatic heterocycles. The first-order valence-corrected chi connectivity index (χ1v) is 7.94. The fraction of sp³-hybridized carbons (Fsp3) is 0.667. The van der Waals surface area contributed by atoms with Crippen molar-refractivity contribution >= 4 is 23.5 Å². The summed E-state index contributed by atoms with van der Waals surface area (Å²) in [4.78, 5) is 8.99. The van der Waals surface area contributed by atoms with Crippen molar-refractivity contribution in [2.45, 2.75) is 37.4 Å². The second-order valence-electron chi connectivity index (χ2n) is 4.31. The van der Waals surface area contributed by atoms with Gasteiger partial charge in [-0.15, -0.1) is 11.8 Å². The van der Waals surface area contributed by atoms with E-state index in [0.29, 0.717) is 10.5 Å². The van der Waals surface area contributed by atoms with Crippen LogP contribution in [0.1, 0.15) is 42.3 Å². The summed E-state index contributed by atoms with van der Waals surface area (Å²) in [6, 6.07) is 0. The van der Waals surface area contributed by atoms with Crippen LogP contribution in [0.15, 0.2) is 6.20 Å². The zero-order valence-corrected chi connectivity index (χ0v) is 12.0. The topological polar surface area (TPSA) is 46.0 Å². The number of aromatic nitrogens is 2. The van der Waals surface area contributed by atoms with E-state index in [4.69, 9.17) is 0 Å². The Morgan fingerprint density at radius 1 is 1.41 bits per heavy atom. The average molecular weight is 270 g/mol. The Kier molecular flexibility index (Phi) is 4.33. The van der Waals surface area contributed by atoms with Crippen molar-refractivity contribution < 1.29 is 5.11 Å². The molecular formula is C12H18N2OS2. The van der Waals surface area contributed by atoms with Crippen molar-refractivity contribution in [1.29, 1.82) is 0 Å². The fourth-order valence-corrected chi connectivity index (χ4v) is 4.66. The molecule has 0 amide bonds. The zero-order valence-electron chi connectivity index (χ0n) is 10.4. The van der Waals surface area contributed by atoms with Crippen molar-refractivity contribution in [3.8, 4) is 0 Å². The second-order valence-corrected chi connectivity index (χ2v) is 7.05. The van der Waals surface area contributed by atoms with E-state index in [2.05, 4.69) is 16.9 Å². The maximum Gasteiger partial charge on any atom is 0.142 e. The highest BCUT2D eigenvalue weighted by atomic mass is 32.2. The van der Waals surface area contributed by atoms with Crippen molar-refractivity contribution in [2.24, 2.45) is 0 Å². The van der Waals surface area contributed by atoms with Gasteiger partial charge in [-0.3, -0.25) is 0 Å². The Bertz CT molecular complexity index is 398. The van der Waals surface area contributed by atoms with Crippen LogP contribution in [0.2, 0.25) is 0 Å². The molecule has 1 saturated heterocycles. The van der Waals surface area contributed by atoms with E-state index in [1.807, 2.05) is 30.4 Å². The average Bonchev–Trinajstić information content (AvgIpc) is 2.29. The lowest BCUT2D eigenvalue weighted by Gasteiger charge is -2.27. The van der Waals surface area contributed by atoms with Gasteiger partial charge in [0.15, 0.2) is 0 Å². The molecule has 0 aromatic carbocycles. The number of aliphatic hydroxyl groups excluding tert-OH is 1. The van der Waals surface area contributed by atoms with Crippen LogP contribution in [-0.4, -0.2) is 31.8 Å². The second kappa shape index (κ2) is 5.59. The Balaban J connectivity index is 2.24. The Labute approximate surface area is 111 Å². The highest BCUT2D eigenvalue weighted by Crippen LogP contribution is 2.41. The predicted molar refractivity (Wildman–Crippen MR) is 74.5 cm³/mol. The molecule has 3 nitrogen and oxygen atoms in total. The molecule has 2 heterocycles. The van der Waals surface area contributed by atoms with Gasteiger partial charge in [-0.05, 0) is 13.8 Å². The van der Waals surface area contributed by atoms with Crippen LogP contribution in [-0.2, 0) is 0 Å². The van der Waals surface area contributed by atoms with Crippen LogP contribution in [0.25, 0.3) is 0 Å². The highest BCUT2D eigenvalue weighted by molar-refractivity contribution is 8.06. The first kappa shape index (κ1) is 13.2. The third kappa shape index (κ3) is 2.95. The number of rotatable bonds is 2. The molecule has 94 valence electrons. The number of hydrogen-bond acceptors (Lipinski definition) is 5. The van der Waals surface area contributed by atoms with Gasteiger partial charge in [0, 0.05) is 34.2 Å². The molecule has 2 rings (SSSR count). The van der Waals surface area contributed by atoms with Crippen molar-refractivity contribution in [3.05, 3.63) is 23.3 Å². The van der Waals surface area contributed by atoms with E-state index in [1.165, 1.54) is 11.5 Å². The molecule has 1 aromatic rings. The molecule has 0 spiro atoms. The van der Waals surface area contributed by atoms with Gasteiger partial charge in [-0.1, -0.05) is 6.92 Å². The van der Waals surface area contributed by atoms with E-state index in [1.54, 1.807) is 13.1 Å². The summed E-state index contributed by atoms with van der Waals surface area (Å²) >= 11 is 3.93. The molecule has 0 radical (unpaired) electrons. The molecule has 0 bridgehead atoms. The summed E-state index contributed by atoms with van der Waals surface area (Å²) in [7, 11) is 0. The molecular weight excluding hydrogens is 252 g/mol. The number of hydrogen-bond donors (Lipinski definition) is 1. The lowest BCUT2D eigenvalue weighted by molar-refractivity contribution is 0.197. The summed E-state index contributed by atoms with van der Waals surface area (Å²) < 4.78 is 0. The van der Waals surface area contributed by atoms with Gasteiger partial charge in [0.05, 0.1) is 11.4 Å². The van der Waals surface area contributed by atoms with Gasteiger partial charge in [-0.25, -0.2) is 9.97 Å². The summed E-state index contributed by atoms with van der Waals surface area (Å²) in [5.41, 5.74) is 1.73. The summed E-state index contributed by atoms with van der Waals surface area (Å²) in [5.74, 6) is 3.30. The van der Waals surface area contributed by atoms with Crippen molar-refractivity contribution in [1.82, 2.24) is 9.97 Å². The van der Waals surface area contributed by atoms with Crippen molar-refractivity contribution in [3.63, 3.8) is 0 Å². The maximum absolute atomic E-state index is 9.57. The molecule has 0 saturated carbocycles. The summed E-state index contributed by atoms with van der Waals surface area (Å²) in [6.45, 7) is 5.93. The largest absolute Gasteiger partial charge is 0.389 e. The van der Waals surface area contributed by atoms with Crippen molar-refractivity contribution in [2.75, 3.05) is 11.5 Å². The van der Waals surface area contributed by atoms with Gasteiger partial charge in [0.25, 0.3) is 0 Å². The molecule has 5 heteroatoms. The molecule has 17 heavy (non-hydrogen) atoms. The van der Waals surface area contributed by atoms with E-state index in [9.17, 15) is 5.11 Å². The first-order valence-electron chi connectivity index (χ1n) is 5.84. The predicted octanol–water partition coefficient (Wildman–Crippen LogP) is 2.75. The lowest BCUT2D eigenvalue weighted by atomic mass is 10.1. The third-order valence-electron chi connectivity index (χ3n) is 2.93. The quantitative estimate of drug-likeness (QED) is 0.895. The lowest BCUT2D eigenvalue weighted by Crippen LogP contribution is -2.19. The minimum atomic E-state index is -0.491. The highest BCUT2D eigenvalue weighted by Gasteiger charge is 2.26. The normalized spacial score (nSPS) is 26.8. The summed E-state index contributed by atoms with van der Waals surface area (Å²) in [6.07, 6.45) is 1.28. The molecule has 1 aromatic heterocycles.